The van der Waals surface area contributed by atoms with E-state index in [0.717, 1.165) is 257 Å². The smallest absolute Gasteiger partial charge is 0.462 e. The molecule has 2 rings (SSSR count). The standard InChI is InChI=1S/C94H179N2O28P3/c1-7-13-19-25-31-36-38-43-49-55-61-67-83(102)116-77(65-59-53-47-41-34-28-22-16-10-4)71-81(100)95-87-91(120-85(104)69-75(98)63-57-51-45-30-24-18-12-6)89(106)80(119-94(87)123-127(113,114)124-126(110,111)112)74-115-93-88(92(90(79(73-97)118-93)122-125(107,108)109)121-86(105)70-76(99)64-58-52-46-40-33-27-21-15-9-3)96-82(101)72-78(66-60-54-48-42-35-29-23-17-11-5)117-84(103)68-62-56-50-44-39-37-32-26-20-14-8-2/h75-80,87-94,97-99,106H,7-74H2,1-6H3,(H,95,100)(H,96,101)(H,113,114)(H2,107,108,109)(H2,110,111,112)/t75-,76-,77-,78-,79?,80?,87?,88?,89-,90-,91?,92?,93-,94-/m1/s1. The Balaban J connectivity index is 2.89. The van der Waals surface area contributed by atoms with Crippen LogP contribution >= 0.6 is 23.5 Å². The van der Waals surface area contributed by atoms with Gasteiger partial charge in [-0.1, -0.05) is 375 Å². The second kappa shape index (κ2) is 76.1. The minimum absolute atomic E-state index is 0.0521. The van der Waals surface area contributed by atoms with Crippen LogP contribution in [0.4, 0.5) is 0 Å². The van der Waals surface area contributed by atoms with Gasteiger partial charge < -0.3 is 88.7 Å². The maximum Gasteiger partial charge on any atom is 0.483 e. The van der Waals surface area contributed by atoms with Crippen LogP contribution in [0.15, 0.2) is 0 Å². The Hall–Kier alpha value is -3.09. The maximum absolute atomic E-state index is 15.1. The van der Waals surface area contributed by atoms with Gasteiger partial charge in [-0.15, -0.1) is 0 Å². The Morgan fingerprint density at radius 2 is 0.630 bits per heavy atom. The van der Waals surface area contributed by atoms with Gasteiger partial charge in [-0.25, -0.2) is 13.7 Å². The van der Waals surface area contributed by atoms with Gasteiger partial charge in [-0.3, -0.25) is 37.8 Å². The third-order valence-corrected chi connectivity index (χ3v) is 26.7. The number of amides is 2. The van der Waals surface area contributed by atoms with E-state index in [2.05, 4.69) is 56.5 Å². The number of hydrogen-bond acceptors (Lipinski definition) is 23. The minimum atomic E-state index is -6.12. The molecule has 33 heteroatoms. The lowest BCUT2D eigenvalue weighted by Gasteiger charge is -2.47. The minimum Gasteiger partial charge on any atom is -0.462 e. The van der Waals surface area contributed by atoms with Crippen LogP contribution in [0.3, 0.4) is 0 Å². The van der Waals surface area contributed by atoms with Gasteiger partial charge in [-0.2, -0.15) is 4.31 Å². The molecule has 0 aromatic heterocycles. The number of rotatable bonds is 86. The lowest BCUT2D eigenvalue weighted by Crippen LogP contribution is -2.68. The molecular weight excluding hydrogens is 1700 g/mol. The molecular formula is C94H179N2O28P3. The highest BCUT2D eigenvalue weighted by Crippen LogP contribution is 2.59. The maximum atomic E-state index is 15.1. The van der Waals surface area contributed by atoms with E-state index in [1.807, 2.05) is 0 Å². The fourth-order valence-electron chi connectivity index (χ4n) is 16.7. The highest BCUT2D eigenvalue weighted by molar-refractivity contribution is 7.60. The van der Waals surface area contributed by atoms with Crippen molar-refractivity contribution >= 4 is 59.2 Å². The van der Waals surface area contributed by atoms with Crippen molar-refractivity contribution in [3.8, 4) is 0 Å². The van der Waals surface area contributed by atoms with Crippen molar-refractivity contribution in [2.24, 2.45) is 0 Å². The van der Waals surface area contributed by atoms with Crippen LogP contribution in [-0.2, 0) is 89.0 Å². The Morgan fingerprint density at radius 3 is 0.945 bits per heavy atom. The van der Waals surface area contributed by atoms with E-state index >= 15 is 4.79 Å². The first-order valence-electron chi connectivity index (χ1n) is 50.5. The largest absolute Gasteiger partial charge is 0.483 e. The van der Waals surface area contributed by atoms with Crippen molar-refractivity contribution < 1.29 is 134 Å². The van der Waals surface area contributed by atoms with Crippen molar-refractivity contribution in [2.75, 3.05) is 13.2 Å². The van der Waals surface area contributed by atoms with Crippen molar-refractivity contribution in [2.45, 2.75) is 551 Å². The first-order chi connectivity index (χ1) is 61.0. The summed E-state index contributed by atoms with van der Waals surface area (Å²) in [5, 5.41) is 51.8. The monoisotopic (exact) mass is 1880 g/mol. The number of nitrogens with one attached hydrogen (secondary N) is 2. The second-order valence-electron chi connectivity index (χ2n) is 36.1. The fourth-order valence-corrected chi connectivity index (χ4v) is 19.0. The van der Waals surface area contributed by atoms with E-state index in [1.54, 1.807) is 0 Å². The summed E-state index contributed by atoms with van der Waals surface area (Å²) < 4.78 is 97.3. The second-order valence-corrected chi connectivity index (χ2v) is 40.0. The predicted molar refractivity (Wildman–Crippen MR) is 491 cm³/mol. The Morgan fingerprint density at radius 1 is 0.339 bits per heavy atom. The Kier molecular flexibility index (Phi) is 71.9. The van der Waals surface area contributed by atoms with Gasteiger partial charge in [0, 0.05) is 12.8 Å². The molecule has 0 aromatic carbocycles. The summed E-state index contributed by atoms with van der Waals surface area (Å²) in [5.74, 6) is -5.39. The molecule has 11 N–H and O–H groups in total. The number of carbonyl (C=O) groups is 6. The van der Waals surface area contributed by atoms with Crippen LogP contribution in [-0.4, -0.2) is 180 Å². The average molecular weight is 1880 g/mol. The lowest BCUT2D eigenvalue weighted by molar-refractivity contribution is -0.296. The van der Waals surface area contributed by atoms with Gasteiger partial charge in [0.1, 0.15) is 48.7 Å². The van der Waals surface area contributed by atoms with Gasteiger partial charge >= 0.3 is 47.3 Å². The normalized spacial score (nSPS) is 20.6. The van der Waals surface area contributed by atoms with Gasteiger partial charge in [-0.05, 0) is 51.4 Å². The molecule has 127 heavy (non-hydrogen) atoms. The molecule has 2 aliphatic rings. The fraction of sp³-hybridized carbons (Fsp3) is 0.936. The molecule has 0 aliphatic carbocycles. The number of phosphoric ester groups is 2. The zero-order chi connectivity index (χ0) is 93.6. The molecule has 2 amide bonds. The number of aliphatic hydroxyl groups excluding tert-OH is 4. The third-order valence-electron chi connectivity index (χ3n) is 24.1. The topological polar surface area (TPSA) is 452 Å². The summed E-state index contributed by atoms with van der Waals surface area (Å²) in [6.45, 7) is 10.6. The molecule has 2 saturated heterocycles. The van der Waals surface area contributed by atoms with Crippen molar-refractivity contribution in [3.05, 3.63) is 0 Å². The molecule has 0 saturated carbocycles. The van der Waals surface area contributed by atoms with E-state index in [9.17, 15) is 82.6 Å². The third kappa shape index (κ3) is 63.7. The van der Waals surface area contributed by atoms with E-state index in [4.69, 9.17) is 42.2 Å². The molecule has 0 spiro atoms. The molecule has 2 fully saturated rings. The SMILES string of the molecule is CCCCCCCCCCCCCC(=O)O[C@H](CCCCCCCCCCC)CC(=O)NC1C(OC(=O)C[C@H](O)CCCCCCCCC)[C@H](O)C(CO[C@@H]2OC(CO)[C@@H](OP(=O)(O)O)C(OC(=O)C[C@H](O)CCCCCCCCCCC)C2NC(=O)C[C@@H](CCCCCCCCCCC)OC(=O)CCCCCCCCCCCCC)O[C@@H]1OP(=O)(O)OP(=O)(O)O. The summed E-state index contributed by atoms with van der Waals surface area (Å²) in [4.78, 5) is 139. The van der Waals surface area contributed by atoms with Crippen molar-refractivity contribution in [1.82, 2.24) is 10.6 Å². The van der Waals surface area contributed by atoms with Gasteiger partial charge in [0.25, 0.3) is 0 Å². The quantitative estimate of drug-likeness (QED) is 0.0117. The molecule has 0 radical (unpaired) electrons. The van der Waals surface area contributed by atoms with Crippen LogP contribution in [0.1, 0.15) is 465 Å². The number of hydrogen-bond donors (Lipinski definition) is 11. The first kappa shape index (κ1) is 120. The molecule has 0 aromatic rings. The first-order valence-corrected chi connectivity index (χ1v) is 55.0. The van der Waals surface area contributed by atoms with Crippen LogP contribution < -0.4 is 10.6 Å². The molecule has 748 valence electrons. The van der Waals surface area contributed by atoms with Crippen LogP contribution in [0, 0.1) is 0 Å². The summed E-state index contributed by atoms with van der Waals surface area (Å²) in [7, 11) is -17.8. The van der Waals surface area contributed by atoms with Gasteiger partial charge in [0.05, 0.1) is 51.1 Å². The highest BCUT2D eigenvalue weighted by atomic mass is 31.3. The highest BCUT2D eigenvalue weighted by Gasteiger charge is 2.55. The number of aliphatic hydroxyl groups is 4. The van der Waals surface area contributed by atoms with E-state index < -0.39 is 184 Å². The van der Waals surface area contributed by atoms with Crippen molar-refractivity contribution in [3.63, 3.8) is 0 Å². The molecule has 0 bridgehead atoms. The number of carbonyl (C=O) groups excluding carboxylic acids is 6. The van der Waals surface area contributed by atoms with Crippen LogP contribution in [0.5, 0.6) is 0 Å². The zero-order valence-electron chi connectivity index (χ0n) is 79.3. The van der Waals surface area contributed by atoms with E-state index in [1.165, 1.54) is 64.2 Å². The van der Waals surface area contributed by atoms with Crippen LogP contribution in [0.2, 0.25) is 0 Å². The predicted octanol–water partition coefficient (Wildman–Crippen LogP) is 20.7. The van der Waals surface area contributed by atoms with E-state index in [0.29, 0.717) is 38.5 Å². The van der Waals surface area contributed by atoms with Gasteiger partial charge in [0.15, 0.2) is 24.8 Å². The Bertz CT molecular complexity index is 2920. The number of esters is 4. The zero-order valence-corrected chi connectivity index (χ0v) is 82.0. The van der Waals surface area contributed by atoms with Gasteiger partial charge in [0.2, 0.25) is 11.8 Å². The molecule has 7 unspecified atom stereocenters. The molecule has 15 atom stereocenters. The molecule has 2 aliphatic heterocycles. The molecule has 2 heterocycles. The molecule has 30 nitrogen and oxygen atoms in total. The average Bonchev–Trinajstić information content (AvgIpc) is 0.777. The summed E-state index contributed by atoms with van der Waals surface area (Å²) >= 11 is 0. The number of unbranched alkanes of at least 4 members (excludes halogenated alkanes) is 50. The lowest BCUT2D eigenvalue weighted by atomic mass is 9.95. The van der Waals surface area contributed by atoms with E-state index in [-0.39, 0.29) is 38.5 Å². The van der Waals surface area contributed by atoms with Crippen molar-refractivity contribution in [1.29, 1.82) is 0 Å². The summed E-state index contributed by atoms with van der Waals surface area (Å²) in [6, 6.07) is -4.13. The number of ether oxygens (including phenoxy) is 7. The Labute approximate surface area is 764 Å². The summed E-state index contributed by atoms with van der Waals surface area (Å²) in [5.41, 5.74) is 0. The number of phosphoric acid groups is 3. The summed E-state index contributed by atoms with van der Waals surface area (Å²) in [6.07, 6.45) is 31.1. The van der Waals surface area contributed by atoms with Crippen LogP contribution in [0.25, 0.3) is 0 Å².